The molecule has 8 nitrogen and oxygen atoms in total. The Morgan fingerprint density at radius 3 is 2.66 bits per heavy atom. The number of ether oxygens (including phenoxy) is 1. The fraction of sp³-hybridized carbons (Fsp3) is 0.267. The first-order valence-corrected chi connectivity index (χ1v) is 14.2. The first kappa shape index (κ1) is 25.8. The second-order valence-electron chi connectivity index (χ2n) is 10.4. The van der Waals surface area contributed by atoms with E-state index in [0.29, 0.717) is 31.2 Å². The lowest BCUT2D eigenvalue weighted by molar-refractivity contribution is 0.0125. The maximum Gasteiger partial charge on any atom is 0.262 e. The molecule has 3 aromatic heterocycles. The fourth-order valence-corrected chi connectivity index (χ4v) is 6.57. The quantitative estimate of drug-likeness (QED) is 0.264. The lowest BCUT2D eigenvalue weighted by atomic mass is 10.1. The average Bonchev–Trinajstić information content (AvgIpc) is 3.31. The van der Waals surface area contributed by atoms with Gasteiger partial charge in [0.1, 0.15) is 11.3 Å². The summed E-state index contributed by atoms with van der Waals surface area (Å²) in [4.78, 5) is 15.0. The topological polar surface area (TPSA) is 79.3 Å². The molecule has 1 atom stereocenters. The molecule has 2 aliphatic rings. The number of methoxy groups -OCH3 is 1. The van der Waals surface area contributed by atoms with Crippen molar-refractivity contribution in [2.75, 3.05) is 43.5 Å². The number of fused-ring (bicyclic) bond motifs is 3. The van der Waals surface area contributed by atoms with Gasteiger partial charge in [0.05, 0.1) is 25.4 Å². The van der Waals surface area contributed by atoms with Crippen molar-refractivity contribution >= 4 is 50.9 Å². The molecule has 2 aliphatic heterocycles. The van der Waals surface area contributed by atoms with E-state index < -0.39 is 5.92 Å². The Morgan fingerprint density at radius 1 is 1.00 bits per heavy atom. The Hall–Kier alpha value is -4.09. The van der Waals surface area contributed by atoms with E-state index >= 15 is 0 Å². The summed E-state index contributed by atoms with van der Waals surface area (Å²) in [6, 6.07) is 19.7. The van der Waals surface area contributed by atoms with Gasteiger partial charge in [-0.25, -0.2) is 13.8 Å². The first-order chi connectivity index (χ1) is 20.0. The van der Waals surface area contributed by atoms with Crippen molar-refractivity contribution in [1.82, 2.24) is 25.1 Å². The fourth-order valence-electron chi connectivity index (χ4n) is 5.66. The number of benzene rings is 2. The van der Waals surface area contributed by atoms with Crippen LogP contribution in [0.3, 0.4) is 0 Å². The standard InChI is InChI=1S/C30H27F2N7OS/c1-40-21-14-25-27(34-16-21)26(10-11-33-25)41-22-8-6-19(7-9-22)35-28-23-4-2-3-5-24(23)29(37-36-28)38-12-13-39-18-30(31,32)15-20(39)17-38/h2-11,14,16,20H,12-13,15,17-18H2,1H3,(H,35,36)/t20-/m0/s1. The Balaban J connectivity index is 1.10. The van der Waals surface area contributed by atoms with Crippen LogP contribution in [0.2, 0.25) is 0 Å². The second kappa shape index (κ2) is 10.4. The molecule has 0 aliphatic carbocycles. The number of halogens is 2. The van der Waals surface area contributed by atoms with Crippen LogP contribution in [0.4, 0.5) is 26.1 Å². The molecule has 208 valence electrons. The number of alkyl halides is 2. The normalized spacial score (nSPS) is 18.5. The minimum Gasteiger partial charge on any atom is -0.495 e. The van der Waals surface area contributed by atoms with Crippen molar-refractivity contribution in [3.63, 3.8) is 0 Å². The largest absolute Gasteiger partial charge is 0.495 e. The van der Waals surface area contributed by atoms with Crippen LogP contribution in [-0.2, 0) is 0 Å². The van der Waals surface area contributed by atoms with Gasteiger partial charge in [-0.2, -0.15) is 0 Å². The predicted octanol–water partition coefficient (Wildman–Crippen LogP) is 6.01. The second-order valence-corrected chi connectivity index (χ2v) is 11.5. The van der Waals surface area contributed by atoms with E-state index in [1.807, 2.05) is 65.6 Å². The molecule has 2 fully saturated rings. The Kier molecular flexibility index (Phi) is 6.55. The van der Waals surface area contributed by atoms with Crippen molar-refractivity contribution in [1.29, 1.82) is 0 Å². The number of nitrogens with zero attached hydrogens (tertiary/aromatic N) is 6. The highest BCUT2D eigenvalue weighted by atomic mass is 32.2. The molecule has 2 saturated heterocycles. The third-order valence-corrected chi connectivity index (χ3v) is 8.69. The molecule has 41 heavy (non-hydrogen) atoms. The highest BCUT2D eigenvalue weighted by Crippen LogP contribution is 2.37. The third kappa shape index (κ3) is 5.11. The lowest BCUT2D eigenvalue weighted by Crippen LogP contribution is -2.50. The maximum atomic E-state index is 14.0. The maximum absolute atomic E-state index is 14.0. The minimum absolute atomic E-state index is 0.106. The van der Waals surface area contributed by atoms with Gasteiger partial charge < -0.3 is 15.0 Å². The van der Waals surface area contributed by atoms with E-state index in [9.17, 15) is 8.78 Å². The summed E-state index contributed by atoms with van der Waals surface area (Å²) in [5.74, 6) is -0.558. The molecule has 5 heterocycles. The van der Waals surface area contributed by atoms with E-state index in [1.54, 1.807) is 31.3 Å². The van der Waals surface area contributed by atoms with Gasteiger partial charge in [0, 0.05) is 70.6 Å². The summed E-state index contributed by atoms with van der Waals surface area (Å²) in [6.45, 7) is 1.62. The van der Waals surface area contributed by atoms with Crippen LogP contribution in [-0.4, -0.2) is 70.3 Å². The first-order valence-electron chi connectivity index (χ1n) is 13.4. The van der Waals surface area contributed by atoms with Crippen molar-refractivity contribution in [2.24, 2.45) is 0 Å². The average molecular weight is 572 g/mol. The summed E-state index contributed by atoms with van der Waals surface area (Å²) in [5.41, 5.74) is 2.49. The van der Waals surface area contributed by atoms with Crippen LogP contribution in [0.1, 0.15) is 6.42 Å². The van der Waals surface area contributed by atoms with Gasteiger partial charge in [0.2, 0.25) is 0 Å². The molecular weight excluding hydrogens is 544 g/mol. The van der Waals surface area contributed by atoms with Gasteiger partial charge in [-0.15, -0.1) is 10.2 Å². The molecule has 11 heteroatoms. The lowest BCUT2D eigenvalue weighted by Gasteiger charge is -2.37. The molecule has 0 saturated carbocycles. The van der Waals surface area contributed by atoms with Crippen LogP contribution in [0, 0.1) is 0 Å². The number of piperazine rings is 1. The zero-order valence-electron chi connectivity index (χ0n) is 22.3. The number of anilines is 3. The summed E-state index contributed by atoms with van der Waals surface area (Å²) in [7, 11) is 1.61. The smallest absolute Gasteiger partial charge is 0.262 e. The van der Waals surface area contributed by atoms with Crippen molar-refractivity contribution in [3.8, 4) is 5.75 Å². The summed E-state index contributed by atoms with van der Waals surface area (Å²) >= 11 is 1.62. The molecule has 5 aromatic rings. The van der Waals surface area contributed by atoms with Gasteiger partial charge in [-0.3, -0.25) is 9.88 Å². The summed E-state index contributed by atoms with van der Waals surface area (Å²) in [5, 5.41) is 14.4. The Bertz CT molecular complexity index is 1740. The highest BCUT2D eigenvalue weighted by Gasteiger charge is 2.47. The molecular formula is C30H27F2N7OS. The Morgan fingerprint density at radius 2 is 1.83 bits per heavy atom. The van der Waals surface area contributed by atoms with Gasteiger partial charge in [-0.05, 0) is 30.3 Å². The van der Waals surface area contributed by atoms with Crippen molar-refractivity contribution in [2.45, 2.75) is 28.2 Å². The van der Waals surface area contributed by atoms with Crippen LogP contribution >= 0.6 is 11.8 Å². The molecule has 0 amide bonds. The number of hydrogen-bond acceptors (Lipinski definition) is 9. The van der Waals surface area contributed by atoms with Crippen LogP contribution in [0.15, 0.2) is 82.8 Å². The van der Waals surface area contributed by atoms with E-state index in [0.717, 1.165) is 43.1 Å². The minimum atomic E-state index is -2.62. The molecule has 2 aromatic carbocycles. The van der Waals surface area contributed by atoms with Crippen molar-refractivity contribution < 1.29 is 13.5 Å². The Labute approximate surface area is 239 Å². The monoisotopic (exact) mass is 571 g/mol. The number of rotatable bonds is 6. The van der Waals surface area contributed by atoms with Gasteiger partial charge in [-0.1, -0.05) is 36.0 Å². The highest BCUT2D eigenvalue weighted by molar-refractivity contribution is 7.99. The zero-order valence-corrected chi connectivity index (χ0v) is 23.1. The van der Waals surface area contributed by atoms with Crippen LogP contribution < -0.4 is 15.0 Å². The third-order valence-electron chi connectivity index (χ3n) is 7.64. The SMILES string of the molecule is COc1cnc2c(Sc3ccc(Nc4nnc(N5CCN6CC(F)(F)C[C@H]6C5)c5ccccc45)cc3)ccnc2c1. The van der Waals surface area contributed by atoms with Crippen molar-refractivity contribution in [3.05, 3.63) is 73.1 Å². The number of hydrogen-bond donors (Lipinski definition) is 1. The van der Waals surface area contributed by atoms with Gasteiger partial charge >= 0.3 is 0 Å². The number of nitrogens with one attached hydrogen (secondary N) is 1. The van der Waals surface area contributed by atoms with E-state index in [4.69, 9.17) is 4.74 Å². The summed E-state index contributed by atoms with van der Waals surface area (Å²) < 4.78 is 33.3. The number of aromatic nitrogens is 4. The van der Waals surface area contributed by atoms with Crippen LogP contribution in [0.25, 0.3) is 21.8 Å². The molecule has 7 rings (SSSR count). The molecule has 1 N–H and O–H groups in total. The molecule has 0 unspecified atom stereocenters. The molecule has 0 spiro atoms. The predicted molar refractivity (Wildman–Crippen MR) is 157 cm³/mol. The van der Waals surface area contributed by atoms with Gasteiger partial charge in [0.15, 0.2) is 11.6 Å². The summed E-state index contributed by atoms with van der Waals surface area (Å²) in [6.07, 6.45) is 3.37. The van der Waals surface area contributed by atoms with Crippen LogP contribution in [0.5, 0.6) is 5.75 Å². The van der Waals surface area contributed by atoms with E-state index in [-0.39, 0.29) is 19.0 Å². The molecule has 0 radical (unpaired) electrons. The van der Waals surface area contributed by atoms with E-state index in [1.165, 1.54) is 0 Å². The molecule has 0 bridgehead atoms. The zero-order chi connectivity index (χ0) is 28.0. The number of pyridine rings is 2. The van der Waals surface area contributed by atoms with E-state index in [2.05, 4.69) is 30.4 Å². The van der Waals surface area contributed by atoms with Gasteiger partial charge in [0.25, 0.3) is 5.92 Å².